The molecule has 7 rings (SSSR count). The van der Waals surface area contributed by atoms with E-state index in [9.17, 15) is 4.79 Å². The van der Waals surface area contributed by atoms with E-state index in [2.05, 4.69) is 45.1 Å². The maximum atomic E-state index is 16.1. The Labute approximate surface area is 259 Å². The lowest BCUT2D eigenvalue weighted by molar-refractivity contribution is -0.125. The Morgan fingerprint density at radius 2 is 1.88 bits per heavy atom. The minimum Gasteiger partial charge on any atom is -0.428 e. The third-order valence-corrected chi connectivity index (χ3v) is 10.9. The van der Waals surface area contributed by atoms with E-state index in [-0.39, 0.29) is 33.5 Å². The molecule has 2 spiro atoms. The third-order valence-electron chi connectivity index (χ3n) is 10.4. The number of amides is 1. The van der Waals surface area contributed by atoms with Crippen molar-refractivity contribution in [3.05, 3.63) is 69.9 Å². The summed E-state index contributed by atoms with van der Waals surface area (Å²) in [5, 5.41) is 15.0. The number of carbonyl (C=O) groups is 1. The molecule has 0 radical (unpaired) electrons. The average Bonchev–Trinajstić information content (AvgIpc) is 3.69. The van der Waals surface area contributed by atoms with Crippen molar-refractivity contribution in [2.75, 3.05) is 5.32 Å². The molecule has 2 aromatic heterocycles. The molecule has 0 unspecified atom stereocenters. The van der Waals surface area contributed by atoms with Crippen LogP contribution in [0.3, 0.4) is 0 Å². The molecule has 4 heterocycles. The average molecular weight is 630 g/mol. The van der Waals surface area contributed by atoms with Gasteiger partial charge in [0, 0.05) is 40.9 Å². The van der Waals surface area contributed by atoms with Gasteiger partial charge in [-0.1, -0.05) is 49.2 Å². The highest BCUT2D eigenvalue weighted by Gasteiger charge is 2.72. The van der Waals surface area contributed by atoms with E-state index in [0.717, 1.165) is 38.5 Å². The van der Waals surface area contributed by atoms with Crippen LogP contribution in [0.5, 0.6) is 0 Å². The molecule has 9 nitrogen and oxygen atoms in total. The predicted octanol–water partition coefficient (Wildman–Crippen LogP) is 6.40. The van der Waals surface area contributed by atoms with Crippen LogP contribution in [-0.2, 0) is 15.0 Å². The number of nitrogens with one attached hydrogen (secondary N) is 3. The van der Waals surface area contributed by atoms with Crippen molar-refractivity contribution in [3.63, 3.8) is 0 Å². The largest absolute Gasteiger partial charge is 0.428 e. The van der Waals surface area contributed by atoms with Crippen LogP contribution in [0.2, 0.25) is 10.2 Å². The number of pyridine rings is 1. The summed E-state index contributed by atoms with van der Waals surface area (Å²) in [6, 6.07) is 6.69. The first-order chi connectivity index (χ1) is 20.6. The fraction of sp³-hybridized carbons (Fsp3) is 0.548. The maximum absolute atomic E-state index is 16.1. The number of aromatic nitrogens is 3. The second-order valence-corrected chi connectivity index (χ2v) is 14.1. The molecule has 0 bridgehead atoms. The second-order valence-electron chi connectivity index (χ2n) is 13.3. The Bertz CT molecular complexity index is 1520. The summed E-state index contributed by atoms with van der Waals surface area (Å²) >= 11 is 12.6. The number of carbonyl (C=O) groups excluding carboxylic acids is 1. The van der Waals surface area contributed by atoms with Crippen LogP contribution >= 0.6 is 23.2 Å². The van der Waals surface area contributed by atoms with Gasteiger partial charge in [0.1, 0.15) is 22.6 Å². The van der Waals surface area contributed by atoms with Gasteiger partial charge in [0.15, 0.2) is 0 Å². The molecular weight excluding hydrogens is 594 g/mol. The lowest BCUT2D eigenvalue weighted by atomic mass is 9.54. The standard InChI is InChI=1S/C31H35Cl2FN6O3/c1-29(2)10-12-30(13-11-29)31(20-15-35-23(33)14-22(20)37-28(31)41)24(19-4-3-5-21(32)25(19)34)27(38-30)43-40-18-8-6-17(7-9-18)26-39-36-16-42-26/h3-5,14-18,24,27,38,40H,6-13H2,1-2H3,(H,37,41)/t17-,18-,24-,27-,31+/m0/s1. The van der Waals surface area contributed by atoms with E-state index in [4.69, 9.17) is 32.5 Å². The molecule has 2 saturated carbocycles. The van der Waals surface area contributed by atoms with Gasteiger partial charge in [0.05, 0.1) is 5.02 Å². The third kappa shape index (κ3) is 4.68. The fourth-order valence-electron chi connectivity index (χ4n) is 8.10. The summed E-state index contributed by atoms with van der Waals surface area (Å²) in [5.74, 6) is -0.640. The molecule has 3 aromatic rings. The van der Waals surface area contributed by atoms with Crippen molar-refractivity contribution in [2.24, 2.45) is 5.41 Å². The van der Waals surface area contributed by atoms with E-state index in [1.54, 1.807) is 24.4 Å². The molecule has 4 aliphatic rings. The van der Waals surface area contributed by atoms with E-state index in [0.29, 0.717) is 35.5 Å². The Morgan fingerprint density at radius 3 is 2.60 bits per heavy atom. The van der Waals surface area contributed by atoms with Crippen molar-refractivity contribution in [3.8, 4) is 0 Å². The molecule has 3 N–H and O–H groups in total. The van der Waals surface area contributed by atoms with Crippen LogP contribution in [0.1, 0.15) is 94.1 Å². The van der Waals surface area contributed by atoms with Crippen LogP contribution in [0.4, 0.5) is 10.1 Å². The van der Waals surface area contributed by atoms with Crippen LogP contribution in [0.15, 0.2) is 41.3 Å². The smallest absolute Gasteiger partial charge is 0.237 e. The summed E-state index contributed by atoms with van der Waals surface area (Å²) in [6.07, 6.45) is 8.88. The lowest BCUT2D eigenvalue weighted by Gasteiger charge is -2.50. The highest BCUT2D eigenvalue weighted by Crippen LogP contribution is 2.64. The Balaban J connectivity index is 1.28. The molecule has 1 aromatic carbocycles. The van der Waals surface area contributed by atoms with Crippen molar-refractivity contribution in [2.45, 2.75) is 100 Å². The minimum absolute atomic E-state index is 0.00251. The van der Waals surface area contributed by atoms with Crippen LogP contribution in [0.25, 0.3) is 0 Å². The van der Waals surface area contributed by atoms with Crippen LogP contribution in [0, 0.1) is 11.2 Å². The number of benzene rings is 1. The first-order valence-corrected chi connectivity index (χ1v) is 15.8. The molecule has 2 aliphatic carbocycles. The first kappa shape index (κ1) is 29.1. The van der Waals surface area contributed by atoms with Gasteiger partial charge in [0.25, 0.3) is 0 Å². The summed E-state index contributed by atoms with van der Waals surface area (Å²) in [4.78, 5) is 25.4. The van der Waals surface area contributed by atoms with Crippen LogP contribution < -0.4 is 16.1 Å². The van der Waals surface area contributed by atoms with Gasteiger partial charge in [-0.2, -0.15) is 5.48 Å². The molecule has 2 aliphatic heterocycles. The molecule has 228 valence electrons. The molecule has 1 amide bonds. The van der Waals surface area contributed by atoms with Crippen molar-refractivity contribution < 1.29 is 18.4 Å². The molecule has 43 heavy (non-hydrogen) atoms. The first-order valence-electron chi connectivity index (χ1n) is 15.0. The van der Waals surface area contributed by atoms with Gasteiger partial charge >= 0.3 is 0 Å². The predicted molar refractivity (Wildman–Crippen MR) is 159 cm³/mol. The SMILES string of the molecule is CC1(C)CCC2(CC1)N[C@@H](ON[C@H]1CC[C@H](c3nnco3)CC1)[C@H](c1cccc(Cl)c1F)[C@]21C(=O)Nc2cc(Cl)ncc21. The van der Waals surface area contributed by atoms with Gasteiger partial charge in [-0.05, 0) is 74.5 Å². The Morgan fingerprint density at radius 1 is 1.12 bits per heavy atom. The van der Waals surface area contributed by atoms with Gasteiger partial charge in [-0.3, -0.25) is 14.9 Å². The number of fused-ring (bicyclic) bond motifs is 3. The normalized spacial score (nSPS) is 31.0. The van der Waals surface area contributed by atoms with Gasteiger partial charge in [-0.25, -0.2) is 9.37 Å². The summed E-state index contributed by atoms with van der Waals surface area (Å²) in [7, 11) is 0. The molecule has 3 atom stereocenters. The number of hydroxylamine groups is 1. The zero-order valence-electron chi connectivity index (χ0n) is 24.1. The number of rotatable bonds is 5. The van der Waals surface area contributed by atoms with Gasteiger partial charge in [-0.15, -0.1) is 10.2 Å². The zero-order chi connectivity index (χ0) is 30.0. The Kier molecular flexibility index (Phi) is 7.29. The van der Waals surface area contributed by atoms with Gasteiger partial charge < -0.3 is 9.73 Å². The zero-order valence-corrected chi connectivity index (χ0v) is 25.6. The summed E-state index contributed by atoms with van der Waals surface area (Å²) < 4.78 is 21.5. The number of halogens is 3. The number of anilines is 1. The van der Waals surface area contributed by atoms with Crippen molar-refractivity contribution >= 4 is 34.8 Å². The van der Waals surface area contributed by atoms with Crippen LogP contribution in [-0.4, -0.2) is 38.9 Å². The van der Waals surface area contributed by atoms with E-state index in [1.807, 2.05) is 0 Å². The minimum atomic E-state index is -1.22. The molecule has 12 heteroatoms. The summed E-state index contributed by atoms with van der Waals surface area (Å²) in [5.41, 5.74) is 3.08. The summed E-state index contributed by atoms with van der Waals surface area (Å²) in [6.45, 7) is 4.50. The van der Waals surface area contributed by atoms with Gasteiger partial charge in [0.2, 0.25) is 18.2 Å². The quantitative estimate of drug-likeness (QED) is 0.220. The molecule has 3 fully saturated rings. The van der Waals surface area contributed by atoms with E-state index >= 15 is 4.39 Å². The highest BCUT2D eigenvalue weighted by molar-refractivity contribution is 6.31. The highest BCUT2D eigenvalue weighted by atomic mass is 35.5. The number of hydrogen-bond acceptors (Lipinski definition) is 8. The number of nitrogens with zero attached hydrogens (tertiary/aromatic N) is 3. The van der Waals surface area contributed by atoms with E-state index < -0.39 is 28.9 Å². The maximum Gasteiger partial charge on any atom is 0.237 e. The Hall–Kier alpha value is -2.63. The lowest BCUT2D eigenvalue weighted by Crippen LogP contribution is -2.61. The fourth-order valence-corrected chi connectivity index (χ4v) is 8.44. The molecule has 1 saturated heterocycles. The second kappa shape index (κ2) is 10.8. The van der Waals surface area contributed by atoms with Crippen molar-refractivity contribution in [1.29, 1.82) is 0 Å². The monoisotopic (exact) mass is 628 g/mol. The topological polar surface area (TPSA) is 114 Å². The van der Waals surface area contributed by atoms with E-state index in [1.165, 1.54) is 12.5 Å². The van der Waals surface area contributed by atoms with Crippen molar-refractivity contribution in [1.82, 2.24) is 26.0 Å². The number of hydrogen-bond donors (Lipinski definition) is 3. The molecular formula is C31H35Cl2FN6O3.